The van der Waals surface area contributed by atoms with Crippen molar-refractivity contribution < 1.29 is 19.1 Å². The molecular formula is C25H29N5O5. The maximum absolute atomic E-state index is 13.1. The van der Waals surface area contributed by atoms with Crippen LogP contribution in [0.15, 0.2) is 53.8 Å². The normalized spacial score (nSPS) is 14.1. The topological polar surface area (TPSA) is 109 Å². The van der Waals surface area contributed by atoms with Gasteiger partial charge in [-0.3, -0.25) is 9.59 Å². The molecule has 4 rings (SSSR count). The fourth-order valence-electron chi connectivity index (χ4n) is 4.30. The third-order valence-electron chi connectivity index (χ3n) is 6.20. The lowest BCUT2D eigenvalue weighted by Crippen LogP contribution is -2.38. The predicted octanol–water partition coefficient (Wildman–Crippen LogP) is 1.88. The Morgan fingerprint density at radius 3 is 2.66 bits per heavy atom. The zero-order valence-corrected chi connectivity index (χ0v) is 19.9. The number of ether oxygens (including phenoxy) is 2. The Labute approximate surface area is 203 Å². The van der Waals surface area contributed by atoms with Crippen LogP contribution in [0.4, 0.5) is 0 Å². The summed E-state index contributed by atoms with van der Waals surface area (Å²) in [5.41, 5.74) is 1.68. The van der Waals surface area contributed by atoms with Crippen LogP contribution >= 0.6 is 0 Å². The summed E-state index contributed by atoms with van der Waals surface area (Å²) in [6, 6.07) is 10.8. The van der Waals surface area contributed by atoms with E-state index in [0.29, 0.717) is 31.8 Å². The highest BCUT2D eigenvalue weighted by molar-refractivity contribution is 5.93. The number of aromatic nitrogens is 4. The van der Waals surface area contributed by atoms with Gasteiger partial charge in [-0.25, -0.2) is 14.5 Å². The first-order valence-electron chi connectivity index (χ1n) is 11.6. The quantitative estimate of drug-likeness (QED) is 0.359. The molecule has 3 heterocycles. The van der Waals surface area contributed by atoms with Gasteiger partial charge in [0.15, 0.2) is 0 Å². The summed E-state index contributed by atoms with van der Waals surface area (Å²) in [4.78, 5) is 44.3. The molecule has 1 aromatic carbocycles. The molecule has 0 saturated carbocycles. The Morgan fingerprint density at radius 2 is 1.94 bits per heavy atom. The van der Waals surface area contributed by atoms with Crippen molar-refractivity contribution >= 4 is 11.9 Å². The van der Waals surface area contributed by atoms with E-state index < -0.39 is 12.0 Å². The number of rotatable bonds is 8. The molecule has 10 nitrogen and oxygen atoms in total. The number of aryl methyl sites for hydroxylation is 1. The summed E-state index contributed by atoms with van der Waals surface area (Å²) in [5, 5.41) is 4.05. The van der Waals surface area contributed by atoms with E-state index >= 15 is 0 Å². The number of carbonyl (C=O) groups excluding carboxylic acids is 2. The van der Waals surface area contributed by atoms with Crippen LogP contribution in [0.5, 0.6) is 5.75 Å². The minimum absolute atomic E-state index is 0.131. The van der Waals surface area contributed by atoms with Gasteiger partial charge >= 0.3 is 5.97 Å². The highest BCUT2D eigenvalue weighted by atomic mass is 16.5. The largest absolute Gasteiger partial charge is 0.492 e. The number of methoxy groups -OCH3 is 1. The van der Waals surface area contributed by atoms with Gasteiger partial charge in [0.25, 0.3) is 5.56 Å². The number of hydrogen-bond acceptors (Lipinski definition) is 7. The average Bonchev–Trinajstić information content (AvgIpc) is 3.33. The molecule has 2 aromatic heterocycles. The summed E-state index contributed by atoms with van der Waals surface area (Å²) in [6.45, 7) is 3.05. The van der Waals surface area contributed by atoms with Gasteiger partial charge in [0.05, 0.1) is 13.7 Å². The molecule has 0 fully saturated rings. The van der Waals surface area contributed by atoms with E-state index in [9.17, 15) is 14.4 Å². The number of hydrogen-bond donors (Lipinski definition) is 0. The molecule has 0 aliphatic carbocycles. The van der Waals surface area contributed by atoms with Gasteiger partial charge in [0.2, 0.25) is 5.91 Å². The van der Waals surface area contributed by atoms with Gasteiger partial charge in [-0.15, -0.1) is 0 Å². The number of carbonyl (C=O) groups is 2. The van der Waals surface area contributed by atoms with Crippen LogP contribution in [-0.2, 0) is 28.9 Å². The Balaban J connectivity index is 1.52. The van der Waals surface area contributed by atoms with Gasteiger partial charge < -0.3 is 18.9 Å². The van der Waals surface area contributed by atoms with Gasteiger partial charge in [-0.1, -0.05) is 30.3 Å². The summed E-state index contributed by atoms with van der Waals surface area (Å²) in [6.07, 6.45) is 4.74. The molecular weight excluding hydrogens is 450 g/mol. The van der Waals surface area contributed by atoms with Crippen molar-refractivity contribution in [1.29, 1.82) is 0 Å². The minimum Gasteiger partial charge on any atom is -0.492 e. The average molecular weight is 480 g/mol. The van der Waals surface area contributed by atoms with Crippen LogP contribution in [0, 0.1) is 0 Å². The maximum atomic E-state index is 13.1. The van der Waals surface area contributed by atoms with Crippen LogP contribution in [0.2, 0.25) is 0 Å². The van der Waals surface area contributed by atoms with Crippen LogP contribution in [0.25, 0.3) is 0 Å². The zero-order chi connectivity index (χ0) is 24.8. The second-order valence-electron chi connectivity index (χ2n) is 8.38. The number of fused-ring (bicyclic) bond motifs is 1. The first-order valence-corrected chi connectivity index (χ1v) is 11.6. The van der Waals surface area contributed by atoms with Crippen LogP contribution in [0.1, 0.15) is 41.0 Å². The minimum atomic E-state index is -0.567. The lowest BCUT2D eigenvalue weighted by atomic mass is 10.1. The molecule has 1 atom stereocenters. The molecule has 1 aliphatic heterocycles. The summed E-state index contributed by atoms with van der Waals surface area (Å²) < 4.78 is 14.0. The van der Waals surface area contributed by atoms with Crippen molar-refractivity contribution in [3.05, 3.63) is 76.2 Å². The van der Waals surface area contributed by atoms with Crippen molar-refractivity contribution in [3.63, 3.8) is 0 Å². The van der Waals surface area contributed by atoms with Crippen LogP contribution < -0.4 is 10.3 Å². The highest BCUT2D eigenvalue weighted by Crippen LogP contribution is 2.25. The van der Waals surface area contributed by atoms with E-state index in [1.54, 1.807) is 11.8 Å². The van der Waals surface area contributed by atoms with Crippen LogP contribution in [-0.4, -0.2) is 62.9 Å². The number of benzene rings is 1. The van der Waals surface area contributed by atoms with E-state index in [-0.39, 0.29) is 29.3 Å². The molecule has 10 heteroatoms. The molecule has 184 valence electrons. The molecule has 0 unspecified atom stereocenters. The molecule has 0 radical (unpaired) electrons. The SMILES string of the molecule is COC(=O)c1c(OCCCc2ccccc2)cc(=O)n2c1CCN(C(=O)[C@H](C)n1cncn1)CC2. The van der Waals surface area contributed by atoms with E-state index in [2.05, 4.69) is 10.1 Å². The Morgan fingerprint density at radius 1 is 1.14 bits per heavy atom. The van der Waals surface area contributed by atoms with E-state index in [0.717, 1.165) is 12.8 Å². The van der Waals surface area contributed by atoms with Gasteiger partial charge in [-0.2, -0.15) is 5.10 Å². The second-order valence-corrected chi connectivity index (χ2v) is 8.38. The molecule has 0 bridgehead atoms. The van der Waals surface area contributed by atoms with Crippen molar-refractivity contribution in [2.75, 3.05) is 26.8 Å². The van der Waals surface area contributed by atoms with Gasteiger partial charge in [0, 0.05) is 37.8 Å². The molecule has 3 aromatic rings. The number of amides is 1. The number of esters is 1. The second kappa shape index (κ2) is 11.0. The van der Waals surface area contributed by atoms with Crippen molar-refractivity contribution in [1.82, 2.24) is 24.2 Å². The summed E-state index contributed by atoms with van der Waals surface area (Å²) >= 11 is 0. The van der Waals surface area contributed by atoms with Crippen molar-refractivity contribution in [3.8, 4) is 5.75 Å². The third kappa shape index (κ3) is 5.42. The Hall–Kier alpha value is -3.95. The van der Waals surface area contributed by atoms with Crippen molar-refractivity contribution in [2.24, 2.45) is 0 Å². The number of pyridine rings is 1. The maximum Gasteiger partial charge on any atom is 0.343 e. The molecule has 0 saturated heterocycles. The molecule has 0 spiro atoms. The fourth-order valence-corrected chi connectivity index (χ4v) is 4.30. The zero-order valence-electron chi connectivity index (χ0n) is 19.9. The first-order chi connectivity index (χ1) is 17.0. The van der Waals surface area contributed by atoms with Gasteiger partial charge in [0.1, 0.15) is 30.0 Å². The predicted molar refractivity (Wildman–Crippen MR) is 127 cm³/mol. The van der Waals surface area contributed by atoms with Crippen molar-refractivity contribution in [2.45, 2.75) is 38.8 Å². The number of nitrogens with zero attached hydrogens (tertiary/aromatic N) is 5. The molecule has 1 amide bonds. The van der Waals surface area contributed by atoms with E-state index in [4.69, 9.17) is 9.47 Å². The monoisotopic (exact) mass is 479 g/mol. The lowest BCUT2D eigenvalue weighted by Gasteiger charge is -2.23. The van der Waals surface area contributed by atoms with E-state index in [1.165, 1.54) is 40.6 Å². The molecule has 35 heavy (non-hydrogen) atoms. The lowest BCUT2D eigenvalue weighted by molar-refractivity contribution is -0.134. The summed E-state index contributed by atoms with van der Waals surface area (Å²) in [5.74, 6) is -0.479. The fraction of sp³-hybridized carbons (Fsp3) is 0.400. The smallest absolute Gasteiger partial charge is 0.343 e. The molecule has 1 aliphatic rings. The van der Waals surface area contributed by atoms with Gasteiger partial charge in [-0.05, 0) is 25.3 Å². The Kier molecular flexibility index (Phi) is 7.59. The highest BCUT2D eigenvalue weighted by Gasteiger charge is 2.29. The molecule has 0 N–H and O–H groups in total. The first kappa shape index (κ1) is 24.2. The van der Waals surface area contributed by atoms with E-state index in [1.807, 2.05) is 30.3 Å². The third-order valence-corrected chi connectivity index (χ3v) is 6.20. The summed E-state index contributed by atoms with van der Waals surface area (Å²) in [7, 11) is 1.30. The standard InChI is InChI=1S/C25H29N5O5/c1-18(30-17-26-16-27-30)24(32)28-11-10-20-23(25(33)34-2)21(15-22(31)29(20)13-12-28)35-14-6-9-19-7-4-3-5-8-19/h3-5,7-8,15-18H,6,9-14H2,1-2H3/t18-/m0/s1. The van der Waals surface area contributed by atoms with Crippen LogP contribution in [0.3, 0.4) is 0 Å². The Bertz CT molecular complexity index is 1220.